The van der Waals surface area contributed by atoms with E-state index in [4.69, 9.17) is 0 Å². The summed E-state index contributed by atoms with van der Waals surface area (Å²) in [5.41, 5.74) is -0.501. The lowest BCUT2D eigenvalue weighted by Crippen LogP contribution is -2.43. The molecule has 0 saturated heterocycles. The van der Waals surface area contributed by atoms with Crippen LogP contribution >= 0.6 is 11.3 Å². The third-order valence-electron chi connectivity index (χ3n) is 2.91. The fourth-order valence-electron chi connectivity index (χ4n) is 1.78. The van der Waals surface area contributed by atoms with Gasteiger partial charge in [0.25, 0.3) is 0 Å². The number of aliphatic hydroxyl groups is 1. The summed E-state index contributed by atoms with van der Waals surface area (Å²) in [6.45, 7) is 7.76. The first kappa shape index (κ1) is 15.6. The summed E-state index contributed by atoms with van der Waals surface area (Å²) in [7, 11) is -3.45. The fourth-order valence-corrected chi connectivity index (χ4v) is 4.04. The molecule has 0 saturated carbocycles. The van der Waals surface area contributed by atoms with Crippen LogP contribution in [0, 0.1) is 11.3 Å². The molecule has 0 fully saturated rings. The molecule has 2 N–H and O–H groups in total. The third kappa shape index (κ3) is 3.78. The summed E-state index contributed by atoms with van der Waals surface area (Å²) >= 11 is 1.18. The van der Waals surface area contributed by atoms with Gasteiger partial charge in [-0.05, 0) is 17.4 Å². The molecule has 0 radical (unpaired) electrons. The highest BCUT2D eigenvalue weighted by molar-refractivity contribution is 7.91. The summed E-state index contributed by atoms with van der Waals surface area (Å²) in [4.78, 5) is 0. The fraction of sp³-hybridized carbons (Fsp3) is 0.667. The van der Waals surface area contributed by atoms with Gasteiger partial charge in [-0.3, -0.25) is 0 Å². The van der Waals surface area contributed by atoms with Gasteiger partial charge in [0.15, 0.2) is 0 Å². The molecule has 0 amide bonds. The number of rotatable bonds is 6. The highest BCUT2D eigenvalue weighted by Gasteiger charge is 2.31. The quantitative estimate of drug-likeness (QED) is 0.843. The minimum absolute atomic E-state index is 0.0891. The van der Waals surface area contributed by atoms with Crippen molar-refractivity contribution in [2.75, 3.05) is 6.54 Å². The van der Waals surface area contributed by atoms with Gasteiger partial charge >= 0.3 is 0 Å². The monoisotopic (exact) mass is 291 g/mol. The SMILES string of the molecule is CC(C)C(O)C(C)(C)CNS(=O)(=O)c1cccs1. The van der Waals surface area contributed by atoms with Crippen molar-refractivity contribution in [3.05, 3.63) is 17.5 Å². The van der Waals surface area contributed by atoms with Crippen LogP contribution in [0.4, 0.5) is 0 Å². The van der Waals surface area contributed by atoms with E-state index in [0.29, 0.717) is 4.21 Å². The molecule has 0 spiro atoms. The van der Waals surface area contributed by atoms with Gasteiger partial charge in [0.1, 0.15) is 4.21 Å². The summed E-state index contributed by atoms with van der Waals surface area (Å²) in [6.07, 6.45) is -0.552. The van der Waals surface area contributed by atoms with Gasteiger partial charge in [0.05, 0.1) is 6.10 Å². The Hall–Kier alpha value is -0.430. The second-order valence-electron chi connectivity index (χ2n) is 5.43. The lowest BCUT2D eigenvalue weighted by atomic mass is 9.81. The molecule has 0 aliphatic heterocycles. The Morgan fingerprint density at radius 2 is 2.06 bits per heavy atom. The molecule has 0 aliphatic rings. The minimum atomic E-state index is -3.45. The molecule has 1 aromatic heterocycles. The van der Waals surface area contributed by atoms with Crippen LogP contribution in [0.1, 0.15) is 27.7 Å². The number of hydrogen-bond donors (Lipinski definition) is 2. The number of sulfonamides is 1. The maximum atomic E-state index is 12.0. The standard InChI is InChI=1S/C12H21NO3S2/c1-9(2)11(14)12(3,4)8-13-18(15,16)10-6-5-7-17-10/h5-7,9,11,13-14H,8H2,1-4H3. The summed E-state index contributed by atoms with van der Waals surface area (Å²) in [5, 5.41) is 11.8. The van der Waals surface area contributed by atoms with E-state index in [0.717, 1.165) is 0 Å². The molecule has 1 rings (SSSR count). The maximum Gasteiger partial charge on any atom is 0.250 e. The van der Waals surface area contributed by atoms with E-state index in [2.05, 4.69) is 4.72 Å². The minimum Gasteiger partial charge on any atom is -0.392 e. The molecule has 18 heavy (non-hydrogen) atoms. The van der Waals surface area contributed by atoms with Crippen LogP contribution in [-0.4, -0.2) is 26.2 Å². The molecule has 1 aromatic rings. The molecule has 104 valence electrons. The Labute approximate surface area is 113 Å². The van der Waals surface area contributed by atoms with E-state index in [1.807, 2.05) is 27.7 Å². The van der Waals surface area contributed by atoms with Gasteiger partial charge in [-0.2, -0.15) is 0 Å². The average Bonchev–Trinajstić information content (AvgIpc) is 2.79. The topological polar surface area (TPSA) is 66.4 Å². The van der Waals surface area contributed by atoms with Crippen molar-refractivity contribution in [3.63, 3.8) is 0 Å². The number of hydrogen-bond acceptors (Lipinski definition) is 4. The third-order valence-corrected chi connectivity index (χ3v) is 5.71. The molecule has 0 bridgehead atoms. The molecule has 0 aromatic carbocycles. The van der Waals surface area contributed by atoms with Gasteiger partial charge < -0.3 is 5.11 Å². The highest BCUT2D eigenvalue weighted by Crippen LogP contribution is 2.26. The maximum absolute atomic E-state index is 12.0. The molecule has 4 nitrogen and oxygen atoms in total. The van der Waals surface area contributed by atoms with Gasteiger partial charge in [-0.1, -0.05) is 33.8 Å². The first-order chi connectivity index (χ1) is 8.17. The zero-order valence-corrected chi connectivity index (χ0v) is 12.8. The molecule has 0 aliphatic carbocycles. The van der Waals surface area contributed by atoms with Gasteiger partial charge in [0, 0.05) is 12.0 Å². The van der Waals surface area contributed by atoms with Crippen LogP contribution in [0.25, 0.3) is 0 Å². The molecular formula is C12H21NO3S2. The van der Waals surface area contributed by atoms with Gasteiger partial charge in [-0.15, -0.1) is 11.3 Å². The Balaban J connectivity index is 2.71. The van der Waals surface area contributed by atoms with E-state index < -0.39 is 21.5 Å². The lowest BCUT2D eigenvalue weighted by molar-refractivity contribution is 0.0166. The normalized spacial score (nSPS) is 15.0. The first-order valence-corrected chi connectivity index (χ1v) is 8.24. The average molecular weight is 291 g/mol. The molecule has 1 unspecified atom stereocenters. The van der Waals surface area contributed by atoms with Crippen molar-refractivity contribution >= 4 is 21.4 Å². The van der Waals surface area contributed by atoms with Gasteiger partial charge in [0.2, 0.25) is 10.0 Å². The Bertz CT molecular complexity index is 464. The van der Waals surface area contributed by atoms with Crippen molar-refractivity contribution in [1.29, 1.82) is 0 Å². The van der Waals surface area contributed by atoms with E-state index in [9.17, 15) is 13.5 Å². The van der Waals surface area contributed by atoms with E-state index >= 15 is 0 Å². The predicted molar refractivity (Wildman–Crippen MR) is 74.1 cm³/mol. The zero-order chi connectivity index (χ0) is 14.0. The number of nitrogens with one attached hydrogen (secondary N) is 1. The van der Waals surface area contributed by atoms with Crippen LogP contribution in [0.3, 0.4) is 0 Å². The van der Waals surface area contributed by atoms with Crippen molar-refractivity contribution in [3.8, 4) is 0 Å². The lowest BCUT2D eigenvalue weighted by Gasteiger charge is -2.33. The van der Waals surface area contributed by atoms with Gasteiger partial charge in [-0.25, -0.2) is 13.1 Å². The molecular weight excluding hydrogens is 270 g/mol. The van der Waals surface area contributed by atoms with Crippen LogP contribution in [0.15, 0.2) is 21.7 Å². The Morgan fingerprint density at radius 3 is 2.50 bits per heavy atom. The van der Waals surface area contributed by atoms with Crippen molar-refractivity contribution < 1.29 is 13.5 Å². The van der Waals surface area contributed by atoms with Crippen LogP contribution in [-0.2, 0) is 10.0 Å². The van der Waals surface area contributed by atoms with E-state index in [1.165, 1.54) is 11.3 Å². The summed E-state index contributed by atoms with van der Waals surface area (Å²) in [6, 6.07) is 3.27. The highest BCUT2D eigenvalue weighted by atomic mass is 32.2. The molecule has 6 heteroatoms. The van der Waals surface area contributed by atoms with Crippen molar-refractivity contribution in [2.24, 2.45) is 11.3 Å². The van der Waals surface area contributed by atoms with Crippen LogP contribution < -0.4 is 4.72 Å². The predicted octanol–water partition coefficient (Wildman–Crippen LogP) is 2.07. The zero-order valence-electron chi connectivity index (χ0n) is 11.2. The Kier molecular flexibility index (Phi) is 4.94. The second-order valence-corrected chi connectivity index (χ2v) is 8.38. The summed E-state index contributed by atoms with van der Waals surface area (Å²) < 4.78 is 26.8. The van der Waals surface area contributed by atoms with Crippen LogP contribution in [0.5, 0.6) is 0 Å². The van der Waals surface area contributed by atoms with Crippen molar-refractivity contribution in [1.82, 2.24) is 4.72 Å². The largest absolute Gasteiger partial charge is 0.392 e. The van der Waals surface area contributed by atoms with E-state index in [1.54, 1.807) is 17.5 Å². The summed E-state index contributed by atoms with van der Waals surface area (Å²) in [5.74, 6) is 0.0891. The van der Waals surface area contributed by atoms with Crippen LogP contribution in [0.2, 0.25) is 0 Å². The molecule has 1 heterocycles. The number of thiophene rings is 1. The van der Waals surface area contributed by atoms with Crippen molar-refractivity contribution in [2.45, 2.75) is 38.0 Å². The first-order valence-electron chi connectivity index (χ1n) is 5.88. The van der Waals surface area contributed by atoms with E-state index in [-0.39, 0.29) is 12.5 Å². The number of aliphatic hydroxyl groups excluding tert-OH is 1. The Morgan fingerprint density at radius 1 is 1.44 bits per heavy atom. The second kappa shape index (κ2) is 5.69. The molecule has 1 atom stereocenters. The smallest absolute Gasteiger partial charge is 0.250 e.